The second kappa shape index (κ2) is 11.0. The van der Waals surface area contributed by atoms with Crippen LogP contribution in [0.4, 0.5) is 4.39 Å². The number of halogens is 3. The summed E-state index contributed by atoms with van der Waals surface area (Å²) in [5, 5.41) is 0. The van der Waals surface area contributed by atoms with Crippen molar-refractivity contribution in [3.05, 3.63) is 104 Å². The smallest absolute Gasteiger partial charge is 0.124 e. The lowest BCUT2D eigenvalue weighted by atomic mass is 10.0. The van der Waals surface area contributed by atoms with Crippen LogP contribution in [0.5, 0.6) is 0 Å². The minimum atomic E-state index is -0.254. The summed E-state index contributed by atoms with van der Waals surface area (Å²) in [7, 11) is 2.13. The summed E-state index contributed by atoms with van der Waals surface area (Å²) in [4.78, 5) is 2.33. The molecule has 3 rings (SSSR count). The Labute approximate surface area is 189 Å². The normalized spacial score (nSPS) is 12.3. The SMILES string of the molecule is CN(Cc1ccccc1Br)C(COCc1ccc(F)cc1Br)Cc1ccccc1. The maximum absolute atomic E-state index is 13.3. The van der Waals surface area contributed by atoms with Crippen LogP contribution in [0.25, 0.3) is 0 Å². The Kier molecular flexibility index (Phi) is 8.42. The van der Waals surface area contributed by atoms with Crippen LogP contribution in [0.15, 0.2) is 81.7 Å². The first-order valence-corrected chi connectivity index (χ1v) is 11.1. The second-order valence-corrected chi connectivity index (χ2v) is 8.81. The monoisotopic (exact) mass is 519 g/mol. The number of rotatable bonds is 9. The van der Waals surface area contributed by atoms with Crippen molar-refractivity contribution in [2.24, 2.45) is 0 Å². The van der Waals surface area contributed by atoms with Crippen molar-refractivity contribution in [1.82, 2.24) is 4.90 Å². The zero-order valence-electron chi connectivity index (χ0n) is 16.3. The van der Waals surface area contributed by atoms with E-state index in [-0.39, 0.29) is 11.9 Å². The Balaban J connectivity index is 1.67. The molecule has 3 aromatic carbocycles. The largest absolute Gasteiger partial charge is 0.375 e. The predicted molar refractivity (Wildman–Crippen MR) is 123 cm³/mol. The van der Waals surface area contributed by atoms with Gasteiger partial charge in [0.1, 0.15) is 5.82 Å². The molecule has 2 nitrogen and oxygen atoms in total. The zero-order chi connectivity index (χ0) is 20.6. The number of nitrogens with zero attached hydrogens (tertiary/aromatic N) is 1. The number of hydrogen-bond acceptors (Lipinski definition) is 2. The fourth-order valence-electron chi connectivity index (χ4n) is 3.20. The van der Waals surface area contributed by atoms with Crippen molar-refractivity contribution in [2.45, 2.75) is 25.6 Å². The summed E-state index contributed by atoms with van der Waals surface area (Å²) in [6, 6.07) is 23.7. The van der Waals surface area contributed by atoms with Gasteiger partial charge in [0.15, 0.2) is 0 Å². The Morgan fingerprint density at radius 1 is 0.897 bits per heavy atom. The number of benzene rings is 3. The van der Waals surface area contributed by atoms with Crippen molar-refractivity contribution in [2.75, 3.05) is 13.7 Å². The molecule has 29 heavy (non-hydrogen) atoms. The summed E-state index contributed by atoms with van der Waals surface area (Å²) in [6.07, 6.45) is 0.895. The van der Waals surface area contributed by atoms with E-state index in [4.69, 9.17) is 4.74 Å². The summed E-state index contributed by atoms with van der Waals surface area (Å²) >= 11 is 7.06. The minimum absolute atomic E-state index is 0.212. The maximum atomic E-state index is 13.3. The lowest BCUT2D eigenvalue weighted by molar-refractivity contribution is 0.0571. The molecule has 0 spiro atoms. The van der Waals surface area contributed by atoms with Gasteiger partial charge in [0.05, 0.1) is 13.2 Å². The van der Waals surface area contributed by atoms with Gasteiger partial charge >= 0.3 is 0 Å². The van der Waals surface area contributed by atoms with E-state index in [2.05, 4.69) is 86.3 Å². The zero-order valence-corrected chi connectivity index (χ0v) is 19.5. The van der Waals surface area contributed by atoms with Gasteiger partial charge in [-0.05, 0) is 48.4 Å². The highest BCUT2D eigenvalue weighted by Gasteiger charge is 2.17. The van der Waals surface area contributed by atoms with Crippen molar-refractivity contribution >= 4 is 31.9 Å². The molecule has 0 radical (unpaired) electrons. The van der Waals surface area contributed by atoms with Crippen LogP contribution in [0.1, 0.15) is 16.7 Å². The molecule has 1 unspecified atom stereocenters. The van der Waals surface area contributed by atoms with Crippen LogP contribution in [-0.4, -0.2) is 24.6 Å². The first-order chi connectivity index (χ1) is 14.0. The fourth-order valence-corrected chi connectivity index (χ4v) is 4.07. The average molecular weight is 521 g/mol. The standard InChI is InChI=1S/C24H24Br2FNO/c1-28(15-19-9-5-6-10-23(19)25)22(13-18-7-3-2-4-8-18)17-29-16-20-11-12-21(27)14-24(20)26/h2-12,14,22H,13,15-17H2,1H3. The molecule has 0 aliphatic heterocycles. The highest BCUT2D eigenvalue weighted by atomic mass is 79.9. The number of hydrogen-bond donors (Lipinski definition) is 0. The first-order valence-electron chi connectivity index (χ1n) is 9.52. The van der Waals surface area contributed by atoms with E-state index in [9.17, 15) is 4.39 Å². The van der Waals surface area contributed by atoms with Crippen LogP contribution in [0.3, 0.4) is 0 Å². The van der Waals surface area contributed by atoms with Crippen LogP contribution in [0.2, 0.25) is 0 Å². The number of ether oxygens (including phenoxy) is 1. The molecule has 0 heterocycles. The molecule has 3 aromatic rings. The third-order valence-corrected chi connectivity index (χ3v) is 6.41. The highest BCUT2D eigenvalue weighted by molar-refractivity contribution is 9.10. The van der Waals surface area contributed by atoms with Gasteiger partial charge in [0, 0.05) is 21.5 Å². The summed E-state index contributed by atoms with van der Waals surface area (Å²) < 4.78 is 21.2. The lowest BCUT2D eigenvalue weighted by Crippen LogP contribution is -2.37. The van der Waals surface area contributed by atoms with Gasteiger partial charge in [-0.3, -0.25) is 4.90 Å². The van der Waals surface area contributed by atoms with Crippen LogP contribution < -0.4 is 0 Å². The van der Waals surface area contributed by atoms with Gasteiger partial charge in [0.2, 0.25) is 0 Å². The van der Waals surface area contributed by atoms with Crippen LogP contribution in [0, 0.1) is 5.82 Å². The Morgan fingerprint density at radius 3 is 2.34 bits per heavy atom. The highest BCUT2D eigenvalue weighted by Crippen LogP contribution is 2.21. The van der Waals surface area contributed by atoms with Gasteiger partial charge in [-0.1, -0.05) is 86.5 Å². The van der Waals surface area contributed by atoms with Gasteiger partial charge in [-0.2, -0.15) is 0 Å². The summed E-state index contributed by atoms with van der Waals surface area (Å²) in [5.41, 5.74) is 3.47. The van der Waals surface area contributed by atoms with E-state index in [0.29, 0.717) is 13.2 Å². The molecule has 0 amide bonds. The second-order valence-electron chi connectivity index (χ2n) is 7.10. The Bertz CT molecular complexity index is 920. The molecule has 0 N–H and O–H groups in total. The van der Waals surface area contributed by atoms with Crippen LogP contribution >= 0.6 is 31.9 Å². The van der Waals surface area contributed by atoms with E-state index < -0.39 is 0 Å². The summed E-state index contributed by atoms with van der Waals surface area (Å²) in [6.45, 7) is 1.84. The lowest BCUT2D eigenvalue weighted by Gasteiger charge is -2.29. The molecule has 0 saturated carbocycles. The predicted octanol–water partition coefficient (Wildman–Crippen LogP) is 6.61. The molecular formula is C24H24Br2FNO. The van der Waals surface area contributed by atoms with E-state index in [1.54, 1.807) is 6.07 Å². The molecule has 5 heteroatoms. The van der Waals surface area contributed by atoms with Crippen molar-refractivity contribution in [3.8, 4) is 0 Å². The summed E-state index contributed by atoms with van der Waals surface area (Å²) in [5.74, 6) is -0.254. The molecule has 0 saturated heterocycles. The minimum Gasteiger partial charge on any atom is -0.375 e. The molecule has 0 aliphatic carbocycles. The van der Waals surface area contributed by atoms with Crippen LogP contribution in [-0.2, 0) is 24.3 Å². The third-order valence-electron chi connectivity index (χ3n) is 4.90. The van der Waals surface area contributed by atoms with Crippen molar-refractivity contribution < 1.29 is 9.13 Å². The Hall–Kier alpha value is -1.53. The first kappa shape index (κ1) is 22.2. The van der Waals surface area contributed by atoms with E-state index in [1.807, 2.05) is 12.1 Å². The average Bonchev–Trinajstić information content (AvgIpc) is 2.71. The molecule has 0 bridgehead atoms. The molecular weight excluding hydrogens is 497 g/mol. The van der Waals surface area contributed by atoms with E-state index in [0.717, 1.165) is 27.5 Å². The third kappa shape index (κ3) is 6.75. The molecule has 1 atom stereocenters. The molecule has 0 aliphatic rings. The molecule has 152 valence electrons. The van der Waals surface area contributed by atoms with Gasteiger partial charge in [-0.25, -0.2) is 4.39 Å². The van der Waals surface area contributed by atoms with Crippen molar-refractivity contribution in [1.29, 1.82) is 0 Å². The fraction of sp³-hybridized carbons (Fsp3) is 0.250. The topological polar surface area (TPSA) is 12.5 Å². The van der Waals surface area contributed by atoms with Gasteiger partial charge in [-0.15, -0.1) is 0 Å². The quantitative estimate of drug-likeness (QED) is 0.314. The van der Waals surface area contributed by atoms with Crippen molar-refractivity contribution in [3.63, 3.8) is 0 Å². The van der Waals surface area contributed by atoms with E-state index >= 15 is 0 Å². The number of likely N-dealkylation sites (N-methyl/N-ethyl adjacent to an activating group) is 1. The Morgan fingerprint density at radius 2 is 1.62 bits per heavy atom. The molecule has 0 aromatic heterocycles. The molecule has 0 fully saturated rings. The van der Waals surface area contributed by atoms with E-state index in [1.165, 1.54) is 23.3 Å². The van der Waals surface area contributed by atoms with Gasteiger partial charge in [0.25, 0.3) is 0 Å². The maximum Gasteiger partial charge on any atom is 0.124 e. The van der Waals surface area contributed by atoms with Gasteiger partial charge < -0.3 is 4.74 Å².